The molecule has 114 valence electrons. The van der Waals surface area contributed by atoms with Gasteiger partial charge < -0.3 is 0 Å². The maximum absolute atomic E-state index is 4.58. The number of tetrazole rings is 1. The predicted molar refractivity (Wildman–Crippen MR) is 89.7 cm³/mol. The molecule has 0 aliphatic heterocycles. The van der Waals surface area contributed by atoms with Gasteiger partial charge in [0.2, 0.25) is 5.16 Å². The van der Waals surface area contributed by atoms with Crippen LogP contribution < -0.4 is 0 Å². The summed E-state index contributed by atoms with van der Waals surface area (Å²) in [6, 6.07) is 6.32. The monoisotopic (exact) mass is 331 g/mol. The first kappa shape index (κ1) is 15.2. The van der Waals surface area contributed by atoms with Gasteiger partial charge in [-0.15, -0.1) is 16.4 Å². The van der Waals surface area contributed by atoms with Crippen molar-refractivity contribution in [3.8, 4) is 5.69 Å². The van der Waals surface area contributed by atoms with Gasteiger partial charge in [0.05, 0.1) is 16.4 Å². The van der Waals surface area contributed by atoms with Crippen molar-refractivity contribution >= 4 is 23.1 Å². The molecule has 2 aromatic heterocycles. The molecule has 0 fully saturated rings. The number of benzene rings is 1. The zero-order valence-electron chi connectivity index (χ0n) is 12.8. The van der Waals surface area contributed by atoms with E-state index in [-0.39, 0.29) is 0 Å². The molecule has 0 saturated carbocycles. The highest BCUT2D eigenvalue weighted by atomic mass is 32.2. The van der Waals surface area contributed by atoms with Gasteiger partial charge in [-0.2, -0.15) is 4.68 Å². The van der Waals surface area contributed by atoms with Crippen LogP contribution in [-0.4, -0.2) is 25.2 Å². The number of thiazole rings is 1. The minimum atomic E-state index is 0.779. The molecule has 5 nitrogen and oxygen atoms in total. The van der Waals surface area contributed by atoms with Crippen LogP contribution in [0.4, 0.5) is 0 Å². The molecule has 0 aliphatic rings. The first-order valence-electron chi connectivity index (χ1n) is 7.09. The molecule has 0 amide bonds. The summed E-state index contributed by atoms with van der Waals surface area (Å²) in [6.45, 7) is 6.28. The fourth-order valence-corrected chi connectivity index (χ4v) is 3.85. The number of nitrogens with zero attached hydrogens (tertiary/aromatic N) is 5. The number of hydrogen-bond donors (Lipinski definition) is 0. The molecule has 3 aromatic rings. The van der Waals surface area contributed by atoms with Gasteiger partial charge in [-0.05, 0) is 54.0 Å². The van der Waals surface area contributed by atoms with Crippen molar-refractivity contribution in [2.45, 2.75) is 38.1 Å². The van der Waals surface area contributed by atoms with Gasteiger partial charge in [0.1, 0.15) is 0 Å². The van der Waals surface area contributed by atoms with Gasteiger partial charge in [0, 0.05) is 11.1 Å². The summed E-state index contributed by atoms with van der Waals surface area (Å²) in [5, 5.41) is 16.1. The molecule has 0 spiro atoms. The largest absolute Gasteiger partial charge is 0.245 e. The van der Waals surface area contributed by atoms with Crippen molar-refractivity contribution in [2.24, 2.45) is 0 Å². The summed E-state index contributed by atoms with van der Waals surface area (Å²) < 4.78 is 1.79. The molecule has 0 atom stereocenters. The Hall–Kier alpha value is -1.73. The lowest BCUT2D eigenvalue weighted by Crippen LogP contribution is -2.00. The highest BCUT2D eigenvalue weighted by Gasteiger charge is 2.11. The number of aromatic nitrogens is 5. The van der Waals surface area contributed by atoms with E-state index in [2.05, 4.69) is 64.9 Å². The van der Waals surface area contributed by atoms with Crippen molar-refractivity contribution in [3.05, 3.63) is 45.4 Å². The van der Waals surface area contributed by atoms with Crippen LogP contribution in [0.15, 0.2) is 28.7 Å². The van der Waals surface area contributed by atoms with Crippen LogP contribution in [0.1, 0.15) is 28.8 Å². The van der Waals surface area contributed by atoms with E-state index >= 15 is 0 Å². The third kappa shape index (κ3) is 3.36. The van der Waals surface area contributed by atoms with E-state index in [1.165, 1.54) is 16.1 Å². The van der Waals surface area contributed by atoms with Crippen molar-refractivity contribution < 1.29 is 0 Å². The molecule has 7 heteroatoms. The molecule has 0 radical (unpaired) electrons. The average Bonchev–Trinajstić information content (AvgIpc) is 3.13. The van der Waals surface area contributed by atoms with Crippen LogP contribution in [0, 0.1) is 13.8 Å². The number of aryl methyl sites for hydroxylation is 3. The van der Waals surface area contributed by atoms with Crippen LogP contribution in [0.25, 0.3) is 5.69 Å². The second-order valence-corrected chi connectivity index (χ2v) is 6.98. The Bertz CT molecular complexity index is 758. The third-order valence-corrected chi connectivity index (χ3v) is 5.14. The molecule has 22 heavy (non-hydrogen) atoms. The summed E-state index contributed by atoms with van der Waals surface area (Å²) in [6.07, 6.45) is 0.982. The Kier molecular flexibility index (Phi) is 4.54. The van der Waals surface area contributed by atoms with Gasteiger partial charge in [-0.3, -0.25) is 0 Å². The van der Waals surface area contributed by atoms with E-state index in [0.29, 0.717) is 0 Å². The molecule has 1 aromatic carbocycles. The highest BCUT2D eigenvalue weighted by molar-refractivity contribution is 7.98. The zero-order valence-corrected chi connectivity index (χ0v) is 14.4. The van der Waals surface area contributed by atoms with Crippen LogP contribution in [-0.2, 0) is 12.2 Å². The number of rotatable bonds is 5. The van der Waals surface area contributed by atoms with Crippen molar-refractivity contribution in [2.75, 3.05) is 0 Å². The molecular weight excluding hydrogens is 314 g/mol. The van der Waals surface area contributed by atoms with Gasteiger partial charge in [0.25, 0.3) is 0 Å². The first-order chi connectivity index (χ1) is 10.7. The van der Waals surface area contributed by atoms with E-state index in [0.717, 1.165) is 28.7 Å². The fraction of sp³-hybridized carbons (Fsp3) is 0.333. The Morgan fingerprint density at radius 1 is 1.18 bits per heavy atom. The maximum atomic E-state index is 4.58. The van der Waals surface area contributed by atoms with Crippen LogP contribution >= 0.6 is 23.1 Å². The van der Waals surface area contributed by atoms with Crippen molar-refractivity contribution in [1.29, 1.82) is 0 Å². The van der Waals surface area contributed by atoms with Crippen LogP contribution in [0.2, 0.25) is 0 Å². The SMILES string of the molecule is CCc1nc(CSc2nnnn2-c2cc(C)cc(C)c2)cs1. The Balaban J connectivity index is 1.79. The summed E-state index contributed by atoms with van der Waals surface area (Å²) in [5.41, 5.74) is 4.49. The molecule has 0 bridgehead atoms. The smallest absolute Gasteiger partial charge is 0.214 e. The molecule has 3 rings (SSSR count). The Morgan fingerprint density at radius 2 is 1.95 bits per heavy atom. The summed E-state index contributed by atoms with van der Waals surface area (Å²) in [5.74, 6) is 0.779. The minimum absolute atomic E-state index is 0.779. The van der Waals surface area contributed by atoms with Gasteiger partial charge >= 0.3 is 0 Å². The average molecular weight is 331 g/mol. The maximum Gasteiger partial charge on any atom is 0.214 e. The molecule has 0 N–H and O–H groups in total. The molecule has 2 heterocycles. The number of thioether (sulfide) groups is 1. The van der Waals surface area contributed by atoms with Gasteiger partial charge in [-0.25, -0.2) is 4.98 Å². The Labute approximate surface area is 137 Å². The van der Waals surface area contributed by atoms with E-state index in [4.69, 9.17) is 0 Å². The van der Waals surface area contributed by atoms with E-state index < -0.39 is 0 Å². The van der Waals surface area contributed by atoms with Crippen molar-refractivity contribution in [1.82, 2.24) is 25.2 Å². The van der Waals surface area contributed by atoms with Crippen molar-refractivity contribution in [3.63, 3.8) is 0 Å². The molecule has 0 saturated heterocycles. The standard InChI is InChI=1S/C15H17N5S2/c1-4-14-16-12(8-21-14)9-22-15-17-18-19-20(15)13-6-10(2)5-11(3)7-13/h5-8H,4,9H2,1-3H3. The number of hydrogen-bond acceptors (Lipinski definition) is 6. The van der Waals surface area contributed by atoms with Crippen LogP contribution in [0.5, 0.6) is 0 Å². The second kappa shape index (κ2) is 6.58. The fourth-order valence-electron chi connectivity index (χ4n) is 2.22. The van der Waals surface area contributed by atoms with E-state index in [1.807, 2.05) is 0 Å². The zero-order chi connectivity index (χ0) is 15.5. The quantitative estimate of drug-likeness (QED) is 0.669. The topological polar surface area (TPSA) is 56.5 Å². The first-order valence-corrected chi connectivity index (χ1v) is 8.95. The van der Waals surface area contributed by atoms with Gasteiger partial charge in [0.15, 0.2) is 0 Å². The second-order valence-electron chi connectivity index (χ2n) is 5.09. The summed E-state index contributed by atoms with van der Waals surface area (Å²) in [4.78, 5) is 4.58. The highest BCUT2D eigenvalue weighted by Crippen LogP contribution is 2.24. The molecular formula is C15H17N5S2. The molecule has 0 aliphatic carbocycles. The van der Waals surface area contributed by atoms with E-state index in [1.54, 1.807) is 27.8 Å². The third-order valence-electron chi connectivity index (χ3n) is 3.14. The van der Waals surface area contributed by atoms with Crippen LogP contribution in [0.3, 0.4) is 0 Å². The lowest BCUT2D eigenvalue weighted by molar-refractivity contribution is 0.755. The minimum Gasteiger partial charge on any atom is -0.245 e. The van der Waals surface area contributed by atoms with E-state index in [9.17, 15) is 0 Å². The lowest BCUT2D eigenvalue weighted by Gasteiger charge is -2.06. The molecule has 0 unspecified atom stereocenters. The van der Waals surface area contributed by atoms with Gasteiger partial charge in [-0.1, -0.05) is 24.8 Å². The summed E-state index contributed by atoms with van der Waals surface area (Å²) >= 11 is 3.32. The predicted octanol–water partition coefficient (Wildman–Crippen LogP) is 3.59. The normalized spacial score (nSPS) is 11.0. The Morgan fingerprint density at radius 3 is 2.64 bits per heavy atom. The summed E-state index contributed by atoms with van der Waals surface area (Å²) in [7, 11) is 0. The lowest BCUT2D eigenvalue weighted by atomic mass is 10.1.